The molecule has 0 amide bonds. The first-order valence-corrected chi connectivity index (χ1v) is 14.9. The highest BCUT2D eigenvalue weighted by atomic mass is 35.5. The minimum atomic E-state index is -1.38. The van der Waals surface area contributed by atoms with Gasteiger partial charge in [-0.05, 0) is 41.5 Å². The number of rotatable bonds is 6. The van der Waals surface area contributed by atoms with Crippen LogP contribution in [-0.2, 0) is 12.6 Å². The van der Waals surface area contributed by atoms with Gasteiger partial charge in [-0.25, -0.2) is 0 Å². The van der Waals surface area contributed by atoms with E-state index in [0.717, 1.165) is 6.42 Å². The predicted molar refractivity (Wildman–Crippen MR) is 135 cm³/mol. The second-order valence-electron chi connectivity index (χ2n) is 9.19. The number of halogens is 1. The molecule has 2 aliphatic rings. The molecule has 0 nitrogen and oxygen atoms in total. The maximum absolute atomic E-state index is 7.65. The van der Waals surface area contributed by atoms with Crippen LogP contribution in [0.1, 0.15) is 79.5 Å². The molecule has 156 valence electrons. The van der Waals surface area contributed by atoms with Crippen molar-refractivity contribution >= 4 is 28.1 Å². The van der Waals surface area contributed by atoms with Crippen molar-refractivity contribution in [3.63, 3.8) is 0 Å². The summed E-state index contributed by atoms with van der Waals surface area (Å²) >= 11 is 7.65. The number of alkyl halides is 1. The van der Waals surface area contributed by atoms with Crippen LogP contribution >= 0.6 is 28.1 Å². The summed E-state index contributed by atoms with van der Waals surface area (Å²) in [5.41, 5.74) is 7.38. The third kappa shape index (κ3) is 3.95. The van der Waals surface area contributed by atoms with Gasteiger partial charge in [0.25, 0.3) is 0 Å². The Labute approximate surface area is 185 Å². The topological polar surface area (TPSA) is 0 Å². The fourth-order valence-electron chi connectivity index (χ4n) is 5.93. The van der Waals surface area contributed by atoms with Gasteiger partial charge in [0.05, 0.1) is 12.3 Å². The van der Waals surface area contributed by atoms with Crippen LogP contribution in [-0.4, -0.2) is 11.3 Å². The van der Waals surface area contributed by atoms with Crippen molar-refractivity contribution in [2.24, 2.45) is 5.92 Å². The maximum Gasteiger partial charge on any atom is 0.146 e. The molecule has 3 unspecified atom stereocenters. The molecule has 2 aliphatic heterocycles. The first kappa shape index (κ1) is 21.8. The Balaban J connectivity index is 1.88. The molecule has 2 heterocycles. The molecule has 0 saturated heterocycles. The van der Waals surface area contributed by atoms with Gasteiger partial charge in [-0.15, -0.1) is 9.24 Å². The Hall–Kier alpha value is -0.410. The van der Waals surface area contributed by atoms with E-state index in [-0.39, 0.29) is 0 Å². The Kier molecular flexibility index (Phi) is 7.06. The zero-order valence-electron chi connectivity index (χ0n) is 18.0. The molecule has 3 heteroatoms. The van der Waals surface area contributed by atoms with Crippen LogP contribution in [0.5, 0.6) is 0 Å². The van der Waals surface area contributed by atoms with Gasteiger partial charge in [-0.3, -0.25) is 0 Å². The molecule has 0 bridgehead atoms. The third-order valence-corrected chi connectivity index (χ3v) is 15.1. The molecule has 0 aliphatic carbocycles. The van der Waals surface area contributed by atoms with Crippen molar-refractivity contribution < 1.29 is 0 Å². The second-order valence-corrected chi connectivity index (χ2v) is 14.8. The van der Waals surface area contributed by atoms with Gasteiger partial charge in [0, 0.05) is 18.8 Å². The lowest BCUT2D eigenvalue weighted by Crippen LogP contribution is -2.29. The molecule has 0 radical (unpaired) electrons. The Morgan fingerprint density at radius 2 is 1.59 bits per heavy atom. The minimum Gasteiger partial charge on any atom is -0.125 e. The monoisotopic (exact) mass is 445 g/mol. The van der Waals surface area contributed by atoms with E-state index in [0.29, 0.717) is 22.4 Å². The molecule has 2 aromatic carbocycles. The molecule has 2 aromatic rings. The summed E-state index contributed by atoms with van der Waals surface area (Å²) < 4.78 is 0. The van der Waals surface area contributed by atoms with Crippen LogP contribution in [0.25, 0.3) is 0 Å². The average Bonchev–Trinajstić information content (AvgIpc) is 3.08. The fraction of sp³-hybridized carbons (Fsp3) is 0.538. The summed E-state index contributed by atoms with van der Waals surface area (Å²) in [5, 5.41) is 0.342. The Bertz CT molecular complexity index is 835. The van der Waals surface area contributed by atoms with E-state index in [1.54, 1.807) is 16.7 Å². The molecule has 29 heavy (non-hydrogen) atoms. The van der Waals surface area contributed by atoms with Gasteiger partial charge < -0.3 is 0 Å². The summed E-state index contributed by atoms with van der Waals surface area (Å²) in [6.07, 6.45) is 10.2. The van der Waals surface area contributed by atoms with Crippen LogP contribution < -0.4 is 0 Å². The lowest BCUT2D eigenvalue weighted by molar-refractivity contribution is 0.480. The largest absolute Gasteiger partial charge is 0.146 e. The number of fused-ring (bicyclic) bond motifs is 4. The van der Waals surface area contributed by atoms with Gasteiger partial charge >= 0.3 is 0 Å². The van der Waals surface area contributed by atoms with Crippen LogP contribution in [0.3, 0.4) is 0 Å². The molecule has 0 spiro atoms. The summed E-state index contributed by atoms with van der Waals surface area (Å²) in [4.78, 5) is 0. The van der Waals surface area contributed by atoms with Crippen LogP contribution in [0.4, 0.5) is 0 Å². The zero-order valence-corrected chi connectivity index (χ0v) is 20.8. The van der Waals surface area contributed by atoms with Crippen LogP contribution in [0.15, 0.2) is 48.5 Å². The third-order valence-electron chi connectivity index (χ3n) is 7.37. The first-order chi connectivity index (χ1) is 14.1. The Morgan fingerprint density at radius 3 is 2.31 bits per heavy atom. The highest BCUT2D eigenvalue weighted by Crippen LogP contribution is 2.85. The SMILES string of the molecule is CCCC[C@@H]1Cc2ccccc2[C@@H](P)[C@H]2c3ccccc3C[P+]2(CCCC)C1Cl. The highest BCUT2D eigenvalue weighted by Gasteiger charge is 2.61. The highest BCUT2D eigenvalue weighted by molar-refractivity contribution is 7.78. The summed E-state index contributed by atoms with van der Waals surface area (Å²) in [6, 6.07) is 18.5. The van der Waals surface area contributed by atoms with Crippen molar-refractivity contribution in [3.8, 4) is 0 Å². The van der Waals surface area contributed by atoms with Gasteiger partial charge in [-0.1, -0.05) is 93.2 Å². The molecule has 6 atom stereocenters. The van der Waals surface area contributed by atoms with E-state index in [4.69, 9.17) is 11.6 Å². The van der Waals surface area contributed by atoms with Crippen LogP contribution in [0, 0.1) is 5.92 Å². The number of hydrogen-bond acceptors (Lipinski definition) is 0. The summed E-state index contributed by atoms with van der Waals surface area (Å²) in [5.74, 6) is 0.609. The second kappa shape index (κ2) is 9.39. The lowest BCUT2D eigenvalue weighted by atomic mass is 9.89. The molecule has 0 fully saturated rings. The first-order valence-electron chi connectivity index (χ1n) is 11.5. The number of benzene rings is 2. The number of unbranched alkanes of at least 4 members (excludes halogenated alkanes) is 2. The molecule has 0 N–H and O–H groups in total. The van der Waals surface area contributed by atoms with E-state index in [1.165, 1.54) is 50.0 Å². The smallest absolute Gasteiger partial charge is 0.125 e. The standard InChI is InChI=1S/C26H36ClP2/c1-3-5-11-20-17-19-12-7-9-14-22(19)24(28)25-23-15-10-8-13-21(23)18-29(25,26(20)27)16-6-4-2/h7-10,12-15,20,24-26H,3-6,11,16-18,28H2,1-2H3/q+1/t20-,24-,25-,26?,29?/m1/s1. The Morgan fingerprint density at radius 1 is 0.931 bits per heavy atom. The van der Waals surface area contributed by atoms with Crippen molar-refractivity contribution in [3.05, 3.63) is 70.8 Å². The predicted octanol–water partition coefficient (Wildman–Crippen LogP) is 8.60. The van der Waals surface area contributed by atoms with E-state index in [2.05, 4.69) is 71.6 Å². The van der Waals surface area contributed by atoms with Crippen molar-refractivity contribution in [1.29, 1.82) is 0 Å². The van der Waals surface area contributed by atoms with Gasteiger partial charge in [0.15, 0.2) is 0 Å². The zero-order chi connectivity index (χ0) is 20.4. The number of hydrogen-bond donors (Lipinski definition) is 0. The van der Waals surface area contributed by atoms with E-state index in [9.17, 15) is 0 Å². The van der Waals surface area contributed by atoms with Gasteiger partial charge in [0.2, 0.25) is 0 Å². The summed E-state index contributed by atoms with van der Waals surface area (Å²) in [7, 11) is 1.90. The minimum absolute atomic E-state index is 0.342. The molecule has 4 rings (SSSR count). The van der Waals surface area contributed by atoms with E-state index >= 15 is 0 Å². The molecular weight excluding hydrogens is 410 g/mol. The van der Waals surface area contributed by atoms with Crippen LogP contribution in [0.2, 0.25) is 0 Å². The normalized spacial score (nSPS) is 30.8. The van der Waals surface area contributed by atoms with Gasteiger partial charge in [0.1, 0.15) is 10.8 Å². The quantitative estimate of drug-likeness (QED) is 0.308. The lowest BCUT2D eigenvalue weighted by Gasteiger charge is -2.42. The van der Waals surface area contributed by atoms with E-state index < -0.39 is 7.26 Å². The fourth-order valence-corrected chi connectivity index (χ4v) is 14.5. The van der Waals surface area contributed by atoms with E-state index in [1.807, 2.05) is 0 Å². The summed E-state index contributed by atoms with van der Waals surface area (Å²) in [6.45, 7) is 4.65. The molecule has 0 aromatic heterocycles. The molecule has 0 saturated carbocycles. The van der Waals surface area contributed by atoms with Gasteiger partial charge in [-0.2, -0.15) is 0 Å². The molecular formula is C26H36ClP2+. The van der Waals surface area contributed by atoms with Crippen molar-refractivity contribution in [2.75, 3.05) is 6.16 Å². The average molecular weight is 446 g/mol. The maximum atomic E-state index is 7.65. The van der Waals surface area contributed by atoms with Crippen molar-refractivity contribution in [1.82, 2.24) is 0 Å². The van der Waals surface area contributed by atoms with Crippen molar-refractivity contribution in [2.45, 2.75) is 75.0 Å².